The third kappa shape index (κ3) is 3.32. The number of benzene rings is 2. The highest BCUT2D eigenvalue weighted by Crippen LogP contribution is 2.32. The number of aromatic carboxylic acids is 1. The molecule has 0 amide bonds. The van der Waals surface area contributed by atoms with Gasteiger partial charge in [-0.2, -0.15) is 5.10 Å². The number of hydrogen-bond donors (Lipinski definition) is 2. The van der Waals surface area contributed by atoms with Crippen LogP contribution in [0, 0.1) is 13.8 Å². The van der Waals surface area contributed by atoms with Crippen molar-refractivity contribution in [1.29, 1.82) is 0 Å². The minimum Gasteiger partial charge on any atom is -0.476 e. The standard InChI is InChI=1S/C18H16N2O6S2/c1-11-3-7-13(8-4-11)27(23,24)16-15(18(21)22)19-20-17(16)28(25,26)14-9-5-12(2)6-10-14/h3-10H,1-2H3,(H,19,20)(H,21,22). The van der Waals surface area contributed by atoms with E-state index in [9.17, 15) is 26.7 Å². The van der Waals surface area contributed by atoms with Crippen LogP contribution >= 0.6 is 0 Å². The van der Waals surface area contributed by atoms with E-state index >= 15 is 0 Å². The fourth-order valence-corrected chi connectivity index (χ4v) is 5.86. The van der Waals surface area contributed by atoms with Crippen molar-refractivity contribution in [1.82, 2.24) is 10.2 Å². The van der Waals surface area contributed by atoms with Gasteiger partial charge in [0.15, 0.2) is 10.7 Å². The van der Waals surface area contributed by atoms with Crippen LogP contribution in [0.15, 0.2) is 68.2 Å². The van der Waals surface area contributed by atoms with E-state index in [1.807, 2.05) is 0 Å². The van der Waals surface area contributed by atoms with Crippen LogP contribution in [0.25, 0.3) is 0 Å². The van der Waals surface area contributed by atoms with Gasteiger partial charge in [0.25, 0.3) is 0 Å². The Balaban J connectivity index is 2.30. The molecule has 0 unspecified atom stereocenters. The van der Waals surface area contributed by atoms with Crippen LogP contribution in [0.3, 0.4) is 0 Å². The average Bonchev–Trinajstić information content (AvgIpc) is 3.09. The van der Waals surface area contributed by atoms with Crippen molar-refractivity contribution in [3.05, 3.63) is 65.4 Å². The lowest BCUT2D eigenvalue weighted by Gasteiger charge is -2.08. The Morgan fingerprint density at radius 1 is 0.821 bits per heavy atom. The number of carboxylic acid groups (broad SMARTS) is 1. The molecule has 2 N–H and O–H groups in total. The summed E-state index contributed by atoms with van der Waals surface area (Å²) < 4.78 is 52.2. The summed E-state index contributed by atoms with van der Waals surface area (Å²) in [6.07, 6.45) is 0. The zero-order valence-electron chi connectivity index (χ0n) is 14.9. The smallest absolute Gasteiger partial charge is 0.357 e. The van der Waals surface area contributed by atoms with E-state index in [2.05, 4.69) is 10.2 Å². The van der Waals surface area contributed by atoms with E-state index in [0.717, 1.165) is 11.1 Å². The number of rotatable bonds is 5. The van der Waals surface area contributed by atoms with E-state index in [1.165, 1.54) is 36.4 Å². The van der Waals surface area contributed by atoms with Crippen molar-refractivity contribution in [2.24, 2.45) is 0 Å². The summed E-state index contributed by atoms with van der Waals surface area (Å²) in [7, 11) is -8.83. The Labute approximate surface area is 161 Å². The van der Waals surface area contributed by atoms with Gasteiger partial charge in [0.1, 0.15) is 4.90 Å². The van der Waals surface area contributed by atoms with Crippen LogP contribution in [0.5, 0.6) is 0 Å². The normalized spacial score (nSPS) is 12.1. The molecule has 8 nitrogen and oxygen atoms in total. The van der Waals surface area contributed by atoms with Crippen molar-refractivity contribution >= 4 is 25.6 Å². The van der Waals surface area contributed by atoms with E-state index in [-0.39, 0.29) is 9.79 Å². The van der Waals surface area contributed by atoms with Gasteiger partial charge in [-0.15, -0.1) is 0 Å². The first-order valence-corrected chi connectivity index (χ1v) is 11.0. The topological polar surface area (TPSA) is 134 Å². The molecule has 0 atom stereocenters. The average molecular weight is 420 g/mol. The summed E-state index contributed by atoms with van der Waals surface area (Å²) in [6, 6.07) is 11.4. The van der Waals surface area contributed by atoms with Gasteiger partial charge in [0, 0.05) is 0 Å². The lowest BCUT2D eigenvalue weighted by molar-refractivity contribution is 0.0686. The molecule has 0 saturated carbocycles. The lowest BCUT2D eigenvalue weighted by atomic mass is 10.2. The van der Waals surface area contributed by atoms with Gasteiger partial charge >= 0.3 is 5.97 Å². The van der Waals surface area contributed by atoms with E-state index in [4.69, 9.17) is 0 Å². The monoisotopic (exact) mass is 420 g/mol. The summed E-state index contributed by atoms with van der Waals surface area (Å²) in [4.78, 5) is 10.2. The van der Waals surface area contributed by atoms with Gasteiger partial charge < -0.3 is 5.11 Å². The first kappa shape index (κ1) is 19.8. The van der Waals surface area contributed by atoms with Gasteiger partial charge in [-0.1, -0.05) is 35.4 Å². The number of aryl methyl sites for hydroxylation is 2. The molecule has 3 rings (SSSR count). The summed E-state index contributed by atoms with van der Waals surface area (Å²) in [6.45, 7) is 3.52. The molecule has 0 aliphatic carbocycles. The number of nitrogens with one attached hydrogen (secondary N) is 1. The van der Waals surface area contributed by atoms with Crippen molar-refractivity contribution in [3.63, 3.8) is 0 Å². The van der Waals surface area contributed by atoms with Crippen molar-refractivity contribution in [2.45, 2.75) is 33.6 Å². The summed E-state index contributed by atoms with van der Waals surface area (Å²) in [5, 5.41) is 14.1. The van der Waals surface area contributed by atoms with Crippen LogP contribution in [0.4, 0.5) is 0 Å². The second kappa shape index (κ2) is 6.88. The fourth-order valence-electron chi connectivity index (χ4n) is 2.56. The minimum atomic E-state index is -4.47. The Kier molecular flexibility index (Phi) is 4.86. The number of carbonyl (C=O) groups is 1. The number of aromatic nitrogens is 2. The molecule has 0 radical (unpaired) electrons. The maximum absolute atomic E-state index is 13.1. The predicted molar refractivity (Wildman–Crippen MR) is 98.8 cm³/mol. The molecule has 1 heterocycles. The molecule has 1 aromatic heterocycles. The molecular formula is C18H16N2O6S2. The minimum absolute atomic E-state index is 0.181. The molecule has 0 spiro atoms. The predicted octanol–water partition coefficient (Wildman–Crippen LogP) is 2.39. The molecule has 0 bridgehead atoms. The Bertz CT molecular complexity index is 1260. The maximum Gasteiger partial charge on any atom is 0.357 e. The zero-order valence-corrected chi connectivity index (χ0v) is 16.5. The van der Waals surface area contributed by atoms with Crippen LogP contribution in [-0.2, 0) is 19.7 Å². The van der Waals surface area contributed by atoms with Crippen molar-refractivity contribution < 1.29 is 26.7 Å². The number of aromatic amines is 1. The number of nitrogens with zero attached hydrogens (tertiary/aromatic N) is 1. The second-order valence-corrected chi connectivity index (χ2v) is 9.94. The summed E-state index contributed by atoms with van der Waals surface area (Å²) in [5.41, 5.74) is 0.714. The van der Waals surface area contributed by atoms with Gasteiger partial charge in [0.05, 0.1) is 9.79 Å². The zero-order chi connectivity index (χ0) is 20.7. The van der Waals surface area contributed by atoms with E-state index in [0.29, 0.717) is 0 Å². The van der Waals surface area contributed by atoms with Crippen LogP contribution in [-0.4, -0.2) is 38.1 Å². The summed E-state index contributed by atoms with van der Waals surface area (Å²) in [5.74, 6) is -1.66. The highest BCUT2D eigenvalue weighted by Gasteiger charge is 2.37. The van der Waals surface area contributed by atoms with Gasteiger partial charge in [-0.05, 0) is 38.1 Å². The quantitative estimate of drug-likeness (QED) is 0.647. The molecule has 2 aromatic carbocycles. The van der Waals surface area contributed by atoms with E-state index < -0.39 is 41.3 Å². The Morgan fingerprint density at radius 2 is 1.25 bits per heavy atom. The third-order valence-corrected chi connectivity index (χ3v) is 7.78. The Morgan fingerprint density at radius 3 is 1.68 bits per heavy atom. The molecule has 0 aliphatic rings. The molecular weight excluding hydrogens is 404 g/mol. The third-order valence-electron chi connectivity index (χ3n) is 4.09. The van der Waals surface area contributed by atoms with Crippen molar-refractivity contribution in [2.75, 3.05) is 0 Å². The highest BCUT2D eigenvalue weighted by atomic mass is 32.2. The number of sulfone groups is 2. The number of hydrogen-bond acceptors (Lipinski definition) is 6. The molecule has 3 aromatic rings. The fraction of sp³-hybridized carbons (Fsp3) is 0.111. The Hall–Kier alpha value is -2.98. The maximum atomic E-state index is 13.1. The number of carboxylic acids is 1. The van der Waals surface area contributed by atoms with Crippen LogP contribution in [0.2, 0.25) is 0 Å². The molecule has 0 saturated heterocycles. The number of H-pyrrole nitrogens is 1. The molecule has 0 aliphatic heterocycles. The molecule has 146 valence electrons. The summed E-state index contributed by atoms with van der Waals surface area (Å²) >= 11 is 0. The lowest BCUT2D eigenvalue weighted by Crippen LogP contribution is -2.13. The van der Waals surface area contributed by atoms with Gasteiger partial charge in [-0.25, -0.2) is 21.6 Å². The van der Waals surface area contributed by atoms with Crippen LogP contribution in [0.1, 0.15) is 21.6 Å². The molecule has 10 heteroatoms. The highest BCUT2D eigenvalue weighted by molar-refractivity contribution is 7.94. The molecule has 28 heavy (non-hydrogen) atoms. The first-order chi connectivity index (χ1) is 13.0. The molecule has 0 fully saturated rings. The first-order valence-electron chi connectivity index (χ1n) is 8.00. The van der Waals surface area contributed by atoms with Crippen molar-refractivity contribution in [3.8, 4) is 0 Å². The van der Waals surface area contributed by atoms with E-state index in [1.54, 1.807) is 26.0 Å². The SMILES string of the molecule is Cc1ccc(S(=O)(=O)c2[nH]nc(C(=O)O)c2S(=O)(=O)c2ccc(C)cc2)cc1. The van der Waals surface area contributed by atoms with Crippen LogP contribution < -0.4 is 0 Å². The second-order valence-electron chi connectivity index (χ2n) is 6.17. The van der Waals surface area contributed by atoms with Gasteiger partial charge in [0.2, 0.25) is 19.7 Å². The van der Waals surface area contributed by atoms with Gasteiger partial charge in [-0.3, -0.25) is 5.10 Å². The largest absolute Gasteiger partial charge is 0.476 e.